The van der Waals surface area contributed by atoms with Gasteiger partial charge in [-0.25, -0.2) is 0 Å². The molecule has 2 heterocycles. The van der Waals surface area contributed by atoms with Gasteiger partial charge in [0.1, 0.15) is 16.8 Å². The molecule has 5 saturated carbocycles. The van der Waals surface area contributed by atoms with Crippen LogP contribution in [0.25, 0.3) is 0 Å². The largest absolute Gasteiger partial charge is 0.392 e. The Bertz CT molecular complexity index is 812. The summed E-state index contributed by atoms with van der Waals surface area (Å²) in [6.45, 7) is 3.44. The molecule has 168 valence electrons. The van der Waals surface area contributed by atoms with E-state index in [1.807, 2.05) is 0 Å². The highest BCUT2D eigenvalue weighted by atomic mass is 16.6. The van der Waals surface area contributed by atoms with Crippen molar-refractivity contribution >= 4 is 0 Å². The van der Waals surface area contributed by atoms with E-state index in [0.717, 1.165) is 0 Å². The first-order chi connectivity index (χ1) is 14.3. The molecule has 2 aliphatic heterocycles. The van der Waals surface area contributed by atoms with Gasteiger partial charge in [-0.15, -0.1) is 0 Å². The lowest BCUT2D eigenvalue weighted by Gasteiger charge is -2.67. The summed E-state index contributed by atoms with van der Waals surface area (Å²) in [6, 6.07) is -0.441. The molecule has 14 unspecified atom stereocenters. The molecule has 8 nitrogen and oxygen atoms in total. The van der Waals surface area contributed by atoms with Gasteiger partial charge in [0, 0.05) is 56.8 Å². The molecule has 4 N–H and O–H groups in total. The molecule has 0 aromatic rings. The highest BCUT2D eigenvalue weighted by Crippen LogP contribution is 2.81. The molecule has 14 atom stereocenters. The average molecular weight is 424 g/mol. The van der Waals surface area contributed by atoms with Gasteiger partial charge >= 0.3 is 0 Å². The zero-order chi connectivity index (χ0) is 21.0. The maximum absolute atomic E-state index is 12.6. The molecule has 7 rings (SSSR count). The Morgan fingerprint density at radius 3 is 2.57 bits per heavy atom. The second-order valence-corrected chi connectivity index (χ2v) is 11.2. The predicted molar refractivity (Wildman–Crippen MR) is 102 cm³/mol. The number of likely N-dealkylation sites (tertiary alicyclic amines) is 1. The summed E-state index contributed by atoms with van der Waals surface area (Å²) in [7, 11) is 3.21. The molecule has 8 heteroatoms. The molecule has 2 saturated heterocycles. The van der Waals surface area contributed by atoms with Crippen molar-refractivity contribution in [1.82, 2.24) is 4.90 Å². The summed E-state index contributed by atoms with van der Waals surface area (Å²) in [6.07, 6.45) is -0.983. The number of nitrogens with zero attached hydrogens (tertiary/aromatic N) is 1. The number of methoxy groups -OCH3 is 2. The third-order valence-electron chi connectivity index (χ3n) is 11.0. The molecule has 5 aliphatic carbocycles. The van der Waals surface area contributed by atoms with E-state index in [0.29, 0.717) is 25.9 Å². The van der Waals surface area contributed by atoms with E-state index in [2.05, 4.69) is 11.8 Å². The van der Waals surface area contributed by atoms with Gasteiger partial charge in [-0.05, 0) is 18.9 Å². The molecule has 7 bridgehead atoms. The molecular weight excluding hydrogens is 390 g/mol. The monoisotopic (exact) mass is 423 g/mol. The van der Waals surface area contributed by atoms with Crippen LogP contribution in [0.1, 0.15) is 26.2 Å². The maximum Gasteiger partial charge on any atom is 0.136 e. The molecule has 30 heavy (non-hydrogen) atoms. The van der Waals surface area contributed by atoms with Gasteiger partial charge in [-0.1, -0.05) is 6.92 Å². The summed E-state index contributed by atoms with van der Waals surface area (Å²) < 4.78 is 18.1. The van der Waals surface area contributed by atoms with Crippen molar-refractivity contribution in [3.8, 4) is 0 Å². The molecule has 0 radical (unpaired) electrons. The number of likely N-dealkylation sites (N-methyl/N-ethyl adjacent to an activating group) is 1. The van der Waals surface area contributed by atoms with E-state index in [9.17, 15) is 20.4 Å². The fourth-order valence-corrected chi connectivity index (χ4v) is 10.3. The Morgan fingerprint density at radius 1 is 1.13 bits per heavy atom. The topological polar surface area (TPSA) is 115 Å². The van der Waals surface area contributed by atoms with Crippen LogP contribution >= 0.6 is 0 Å². The smallest absolute Gasteiger partial charge is 0.136 e. The van der Waals surface area contributed by atoms with Gasteiger partial charge in [-0.3, -0.25) is 4.90 Å². The normalized spacial score (nSPS) is 69.3. The summed E-state index contributed by atoms with van der Waals surface area (Å²) in [5.74, 6) is -0.922. The summed E-state index contributed by atoms with van der Waals surface area (Å²) in [4.78, 5) is 2.23. The lowest BCUT2D eigenvalue weighted by Crippen LogP contribution is -2.81. The second kappa shape index (κ2) is 5.25. The van der Waals surface area contributed by atoms with Crippen LogP contribution in [0.15, 0.2) is 0 Å². The van der Waals surface area contributed by atoms with E-state index < -0.39 is 52.5 Å². The van der Waals surface area contributed by atoms with Crippen molar-refractivity contribution in [3.63, 3.8) is 0 Å². The third-order valence-corrected chi connectivity index (χ3v) is 11.0. The Kier molecular flexibility index (Phi) is 3.36. The zero-order valence-corrected chi connectivity index (χ0v) is 17.8. The summed E-state index contributed by atoms with van der Waals surface area (Å²) in [5, 5.41) is 48.0. The number of ether oxygens (including phenoxy) is 3. The van der Waals surface area contributed by atoms with Crippen molar-refractivity contribution < 1.29 is 34.6 Å². The number of hydrogen-bond donors (Lipinski definition) is 4. The lowest BCUT2D eigenvalue weighted by atomic mass is 9.45. The van der Waals surface area contributed by atoms with Crippen LogP contribution in [0, 0.1) is 29.1 Å². The first-order valence-corrected chi connectivity index (χ1v) is 11.6. The molecule has 2 spiro atoms. The van der Waals surface area contributed by atoms with Crippen LogP contribution < -0.4 is 0 Å². The van der Waals surface area contributed by atoms with Crippen LogP contribution in [0.2, 0.25) is 0 Å². The van der Waals surface area contributed by atoms with Gasteiger partial charge in [0.15, 0.2) is 0 Å². The molecule has 0 amide bonds. The predicted octanol–water partition coefficient (Wildman–Crippen LogP) is -1.27. The van der Waals surface area contributed by atoms with Gasteiger partial charge in [0.25, 0.3) is 0 Å². The number of fused-ring (bicyclic) bond motifs is 2. The fourth-order valence-electron chi connectivity index (χ4n) is 10.3. The van der Waals surface area contributed by atoms with Crippen molar-refractivity contribution in [2.45, 2.75) is 79.6 Å². The zero-order valence-electron chi connectivity index (χ0n) is 17.8. The number of aliphatic hydroxyl groups excluding tert-OH is 2. The molecular formula is C22H33NO7. The lowest BCUT2D eigenvalue weighted by molar-refractivity contribution is -0.311. The van der Waals surface area contributed by atoms with E-state index in [4.69, 9.17) is 14.2 Å². The molecule has 0 aromatic heterocycles. The Hall–Kier alpha value is -0.320. The van der Waals surface area contributed by atoms with Crippen molar-refractivity contribution in [3.05, 3.63) is 0 Å². The van der Waals surface area contributed by atoms with Gasteiger partial charge in [0.2, 0.25) is 0 Å². The fraction of sp³-hybridized carbons (Fsp3) is 1.00. The number of rotatable bonds is 3. The van der Waals surface area contributed by atoms with Crippen LogP contribution in [0.5, 0.6) is 0 Å². The highest BCUT2D eigenvalue weighted by Gasteiger charge is 2.94. The third kappa shape index (κ3) is 1.52. The van der Waals surface area contributed by atoms with E-state index in [1.165, 1.54) is 0 Å². The van der Waals surface area contributed by atoms with Gasteiger partial charge < -0.3 is 34.6 Å². The van der Waals surface area contributed by atoms with E-state index >= 15 is 0 Å². The van der Waals surface area contributed by atoms with Crippen molar-refractivity contribution in [2.24, 2.45) is 29.1 Å². The van der Waals surface area contributed by atoms with Crippen molar-refractivity contribution in [1.29, 1.82) is 0 Å². The minimum Gasteiger partial charge on any atom is -0.392 e. The first-order valence-electron chi connectivity index (χ1n) is 11.6. The number of piperidine rings is 1. The van der Waals surface area contributed by atoms with Crippen LogP contribution in [-0.2, 0) is 14.2 Å². The number of aliphatic hydroxyl groups is 4. The quantitative estimate of drug-likeness (QED) is 0.416. The standard InChI is InChI=1S/C22H33NO7/c1-4-23-8-19-13(30-19)6-12(24)21-10-5-9-11(28-2)7-20(26,14(10)15(9)25)22(27,18(21)23)17(29-3)16(19)21/h9-18,24-27H,4-8H2,1-3H3. The Morgan fingerprint density at radius 2 is 1.90 bits per heavy atom. The van der Waals surface area contributed by atoms with Crippen molar-refractivity contribution in [2.75, 3.05) is 27.3 Å². The second-order valence-electron chi connectivity index (χ2n) is 11.2. The molecule has 7 aliphatic rings. The summed E-state index contributed by atoms with van der Waals surface area (Å²) in [5.41, 5.74) is -4.30. The first kappa shape index (κ1) is 19.2. The highest BCUT2D eigenvalue weighted by molar-refractivity contribution is 5.44. The minimum absolute atomic E-state index is 0.0398. The van der Waals surface area contributed by atoms with E-state index in [-0.39, 0.29) is 36.4 Å². The number of epoxide rings is 1. The van der Waals surface area contributed by atoms with Crippen LogP contribution in [0.3, 0.4) is 0 Å². The van der Waals surface area contributed by atoms with Crippen LogP contribution in [-0.4, -0.2) is 106 Å². The molecule has 0 aromatic carbocycles. The SMILES string of the molecule is CCN1CC23OC2CC(O)C24C5CC6C(OC)CC(O)(C5C6O)C(O)(C(OC)C32)C14. The maximum atomic E-state index is 12.6. The number of hydrogen-bond acceptors (Lipinski definition) is 8. The Labute approximate surface area is 176 Å². The average Bonchev–Trinajstić information content (AvgIpc) is 3.25. The summed E-state index contributed by atoms with van der Waals surface area (Å²) >= 11 is 0. The van der Waals surface area contributed by atoms with E-state index in [1.54, 1.807) is 14.2 Å². The van der Waals surface area contributed by atoms with Gasteiger partial charge in [0.05, 0.1) is 36.6 Å². The molecule has 7 fully saturated rings. The minimum atomic E-state index is -1.62. The van der Waals surface area contributed by atoms with Gasteiger partial charge in [-0.2, -0.15) is 0 Å². The van der Waals surface area contributed by atoms with Crippen LogP contribution in [0.4, 0.5) is 0 Å². The Balaban J connectivity index is 1.55.